The van der Waals surface area contributed by atoms with E-state index in [0.29, 0.717) is 25.4 Å². The van der Waals surface area contributed by atoms with Gasteiger partial charge in [0, 0.05) is 11.8 Å². The first-order valence-electron chi connectivity index (χ1n) is 11.0. The van der Waals surface area contributed by atoms with Crippen LogP contribution in [0.5, 0.6) is 0 Å². The first-order valence-corrected chi connectivity index (χ1v) is 11.0. The number of aromatic amines is 1. The van der Waals surface area contributed by atoms with Crippen molar-refractivity contribution in [1.29, 1.82) is 0 Å². The molecule has 8 heteroatoms. The van der Waals surface area contributed by atoms with Crippen LogP contribution in [0.15, 0.2) is 76.4 Å². The van der Waals surface area contributed by atoms with Crippen molar-refractivity contribution in [2.45, 2.75) is 44.2 Å². The molecule has 0 saturated carbocycles. The van der Waals surface area contributed by atoms with Gasteiger partial charge >= 0.3 is 5.69 Å². The molecule has 0 aliphatic carbocycles. The van der Waals surface area contributed by atoms with E-state index in [4.69, 9.17) is 18.9 Å². The minimum absolute atomic E-state index is 0.275. The number of hydrogen-bond donors (Lipinski definition) is 1. The lowest BCUT2D eigenvalue weighted by Crippen LogP contribution is -2.64. The van der Waals surface area contributed by atoms with Crippen molar-refractivity contribution in [3.05, 3.63) is 104 Å². The van der Waals surface area contributed by atoms with E-state index < -0.39 is 35.3 Å². The number of ether oxygens (including phenoxy) is 4. The third kappa shape index (κ3) is 4.18. The second kappa shape index (κ2) is 9.07. The monoisotopic (exact) mass is 450 g/mol. The molecule has 0 bridgehead atoms. The standard InChI is InChI=1S/C25H26N2O6/c1-17-12-27(24(29)26-22(17)28)23-21-25(16-31-21,32-14-19-10-6-3-7-11-19)20(33-23)15-30-13-18-8-4-2-5-9-18/h2-12,20-21,23H,13-16H2,1H3,(H,26,28,29)/t20-,21-,23+,25-/m1/s1. The lowest BCUT2D eigenvalue weighted by Gasteiger charge is -2.46. The molecule has 2 aromatic carbocycles. The zero-order chi connectivity index (χ0) is 22.8. The Hall–Kier alpha value is -3.04. The van der Waals surface area contributed by atoms with E-state index in [1.807, 2.05) is 60.7 Å². The molecule has 5 rings (SSSR count). The molecule has 33 heavy (non-hydrogen) atoms. The van der Waals surface area contributed by atoms with Crippen LogP contribution >= 0.6 is 0 Å². The van der Waals surface area contributed by atoms with Crippen molar-refractivity contribution in [3.8, 4) is 0 Å². The summed E-state index contributed by atoms with van der Waals surface area (Å²) in [6.07, 6.45) is -0.187. The predicted molar refractivity (Wildman–Crippen MR) is 120 cm³/mol. The summed E-state index contributed by atoms with van der Waals surface area (Å²) in [5, 5.41) is 0. The van der Waals surface area contributed by atoms with Gasteiger partial charge in [-0.3, -0.25) is 14.3 Å². The van der Waals surface area contributed by atoms with E-state index in [1.54, 1.807) is 6.92 Å². The number of H-pyrrole nitrogens is 1. The third-order valence-corrected chi connectivity index (χ3v) is 6.23. The first kappa shape index (κ1) is 21.8. The van der Waals surface area contributed by atoms with Gasteiger partial charge in [-0.25, -0.2) is 4.79 Å². The van der Waals surface area contributed by atoms with Crippen molar-refractivity contribution in [3.63, 3.8) is 0 Å². The van der Waals surface area contributed by atoms with Gasteiger partial charge in [-0.15, -0.1) is 0 Å². The van der Waals surface area contributed by atoms with E-state index >= 15 is 0 Å². The van der Waals surface area contributed by atoms with Crippen LogP contribution in [-0.2, 0) is 32.2 Å². The molecule has 172 valence electrons. The smallest absolute Gasteiger partial charge is 0.330 e. The van der Waals surface area contributed by atoms with Crippen LogP contribution < -0.4 is 11.2 Å². The molecule has 1 aromatic heterocycles. The Bertz CT molecular complexity index is 1210. The second-order valence-electron chi connectivity index (χ2n) is 8.46. The largest absolute Gasteiger partial charge is 0.374 e. The van der Waals surface area contributed by atoms with Gasteiger partial charge < -0.3 is 18.9 Å². The number of fused-ring (bicyclic) bond motifs is 1. The molecule has 0 radical (unpaired) electrons. The van der Waals surface area contributed by atoms with E-state index in [1.165, 1.54) is 10.8 Å². The quantitative estimate of drug-likeness (QED) is 0.566. The van der Waals surface area contributed by atoms with E-state index in [9.17, 15) is 9.59 Å². The minimum Gasteiger partial charge on any atom is -0.374 e. The number of benzene rings is 2. The zero-order valence-electron chi connectivity index (χ0n) is 18.3. The summed E-state index contributed by atoms with van der Waals surface area (Å²) >= 11 is 0. The molecular weight excluding hydrogens is 424 g/mol. The van der Waals surface area contributed by atoms with Gasteiger partial charge in [-0.05, 0) is 18.1 Å². The number of nitrogens with one attached hydrogen (secondary N) is 1. The molecule has 2 aliphatic heterocycles. The molecule has 8 nitrogen and oxygen atoms in total. The maximum atomic E-state index is 12.5. The second-order valence-corrected chi connectivity index (χ2v) is 8.46. The molecule has 0 unspecified atom stereocenters. The Morgan fingerprint density at radius 2 is 1.70 bits per heavy atom. The molecule has 2 aliphatic rings. The molecule has 4 atom stereocenters. The van der Waals surface area contributed by atoms with Crippen LogP contribution in [-0.4, -0.2) is 40.6 Å². The predicted octanol–water partition coefficient (Wildman–Crippen LogP) is 2.31. The number of aryl methyl sites for hydroxylation is 1. The van der Waals surface area contributed by atoms with E-state index in [-0.39, 0.29) is 6.61 Å². The van der Waals surface area contributed by atoms with Gasteiger partial charge in [0.2, 0.25) is 0 Å². The van der Waals surface area contributed by atoms with Crippen molar-refractivity contribution in [1.82, 2.24) is 9.55 Å². The maximum Gasteiger partial charge on any atom is 0.330 e. The van der Waals surface area contributed by atoms with Crippen LogP contribution in [0.2, 0.25) is 0 Å². The Morgan fingerprint density at radius 1 is 1.03 bits per heavy atom. The average molecular weight is 450 g/mol. The summed E-state index contributed by atoms with van der Waals surface area (Å²) in [6, 6.07) is 19.8. The van der Waals surface area contributed by atoms with Crippen LogP contribution in [0, 0.1) is 6.92 Å². The zero-order valence-corrected chi connectivity index (χ0v) is 18.3. The molecule has 1 N–H and O–H groups in total. The highest BCUT2D eigenvalue weighted by Gasteiger charge is 2.66. The van der Waals surface area contributed by atoms with Crippen molar-refractivity contribution in [2.75, 3.05) is 13.2 Å². The average Bonchev–Trinajstić information content (AvgIpc) is 3.02. The highest BCUT2D eigenvalue weighted by molar-refractivity contribution is 5.17. The van der Waals surface area contributed by atoms with Gasteiger partial charge in [0.15, 0.2) is 11.8 Å². The van der Waals surface area contributed by atoms with Gasteiger partial charge in [0.25, 0.3) is 5.56 Å². The Labute approximate surface area is 190 Å². The van der Waals surface area contributed by atoms with Crippen LogP contribution in [0.3, 0.4) is 0 Å². The van der Waals surface area contributed by atoms with Gasteiger partial charge in [-0.2, -0.15) is 0 Å². The summed E-state index contributed by atoms with van der Waals surface area (Å²) in [5.74, 6) is 0. The topological polar surface area (TPSA) is 91.8 Å². The lowest BCUT2D eigenvalue weighted by molar-refractivity contribution is -0.267. The summed E-state index contributed by atoms with van der Waals surface area (Å²) in [6.45, 7) is 3.06. The fraction of sp³-hybridized carbons (Fsp3) is 0.360. The van der Waals surface area contributed by atoms with Crippen molar-refractivity contribution < 1.29 is 18.9 Å². The molecule has 3 heterocycles. The van der Waals surface area contributed by atoms with Gasteiger partial charge in [-0.1, -0.05) is 60.7 Å². The highest BCUT2D eigenvalue weighted by atomic mass is 16.7. The maximum absolute atomic E-state index is 12.5. The lowest BCUT2D eigenvalue weighted by atomic mass is 9.87. The van der Waals surface area contributed by atoms with Crippen molar-refractivity contribution >= 4 is 0 Å². The van der Waals surface area contributed by atoms with Crippen LogP contribution in [0.25, 0.3) is 0 Å². The first-order chi connectivity index (χ1) is 16.1. The fourth-order valence-corrected chi connectivity index (χ4v) is 4.33. The van der Waals surface area contributed by atoms with Gasteiger partial charge in [0.05, 0.1) is 26.4 Å². The molecular formula is C25H26N2O6. The molecule has 0 amide bonds. The van der Waals surface area contributed by atoms with Crippen molar-refractivity contribution in [2.24, 2.45) is 0 Å². The number of nitrogens with zero attached hydrogens (tertiary/aromatic N) is 1. The number of aromatic nitrogens is 2. The number of hydrogen-bond acceptors (Lipinski definition) is 6. The fourth-order valence-electron chi connectivity index (χ4n) is 4.33. The normalized spacial score (nSPS) is 26.0. The Morgan fingerprint density at radius 3 is 2.33 bits per heavy atom. The third-order valence-electron chi connectivity index (χ3n) is 6.23. The molecule has 0 spiro atoms. The van der Waals surface area contributed by atoms with E-state index in [0.717, 1.165) is 11.1 Å². The summed E-state index contributed by atoms with van der Waals surface area (Å²) < 4.78 is 26.0. The highest BCUT2D eigenvalue weighted by Crippen LogP contribution is 2.48. The molecule has 3 aromatic rings. The number of rotatable bonds is 8. The molecule has 2 saturated heterocycles. The molecule has 2 fully saturated rings. The van der Waals surface area contributed by atoms with Crippen LogP contribution in [0.4, 0.5) is 0 Å². The minimum atomic E-state index is -0.763. The summed E-state index contributed by atoms with van der Waals surface area (Å²) in [5.41, 5.74) is 0.770. The Kier molecular flexibility index (Phi) is 5.99. The van der Waals surface area contributed by atoms with Crippen LogP contribution in [0.1, 0.15) is 22.9 Å². The Balaban J connectivity index is 1.39. The summed E-state index contributed by atoms with van der Waals surface area (Å²) in [7, 11) is 0. The SMILES string of the molecule is Cc1cn([C@H]2O[C@H](COCc3ccccc3)[C@]3(OCc4ccccc4)CO[C@H]23)c(=O)[nH]c1=O. The van der Waals surface area contributed by atoms with E-state index in [2.05, 4.69) is 4.98 Å². The van der Waals surface area contributed by atoms with Gasteiger partial charge in [0.1, 0.15) is 12.2 Å². The summed E-state index contributed by atoms with van der Waals surface area (Å²) in [4.78, 5) is 26.7.